The second kappa shape index (κ2) is 9.73. The van der Waals surface area contributed by atoms with Gasteiger partial charge in [-0.05, 0) is 44.2 Å². The third-order valence-electron chi connectivity index (χ3n) is 5.12. The van der Waals surface area contributed by atoms with Gasteiger partial charge in [0.1, 0.15) is 10.6 Å². The number of hydrogen-bond acceptors (Lipinski definition) is 6. The Morgan fingerprint density at radius 2 is 2.11 bits per heavy atom. The van der Waals surface area contributed by atoms with E-state index in [9.17, 15) is 18.0 Å². The molecule has 0 spiro atoms. The Kier molecular flexibility index (Phi) is 7.87. The SMILES string of the molecule is COC(=O)c1cc(S(=O)(=O)N2CCCC(CNC(=O)C3CCCN3)C2)c[nH]1.Cl. The lowest BCUT2D eigenvalue weighted by Crippen LogP contribution is -2.46. The normalized spacial score (nSPS) is 23.0. The molecular weight excluding hydrogens is 408 g/mol. The smallest absolute Gasteiger partial charge is 0.354 e. The first-order valence-corrected chi connectivity index (χ1v) is 10.6. The highest BCUT2D eigenvalue weighted by atomic mass is 35.5. The van der Waals surface area contributed by atoms with Crippen LogP contribution >= 0.6 is 12.4 Å². The number of nitrogens with zero attached hydrogens (tertiary/aromatic N) is 1. The highest BCUT2D eigenvalue weighted by Gasteiger charge is 2.32. The number of sulfonamides is 1. The summed E-state index contributed by atoms with van der Waals surface area (Å²) in [7, 11) is -2.46. The van der Waals surface area contributed by atoms with Gasteiger partial charge in [0, 0.05) is 25.8 Å². The Hall–Kier alpha value is -1.62. The quantitative estimate of drug-likeness (QED) is 0.560. The molecule has 9 nitrogen and oxygen atoms in total. The Labute approximate surface area is 171 Å². The monoisotopic (exact) mass is 434 g/mol. The van der Waals surface area contributed by atoms with Crippen LogP contribution in [0.4, 0.5) is 0 Å². The number of nitrogens with one attached hydrogen (secondary N) is 3. The number of methoxy groups -OCH3 is 1. The molecule has 1 amide bonds. The summed E-state index contributed by atoms with van der Waals surface area (Å²) in [5, 5.41) is 6.10. The summed E-state index contributed by atoms with van der Waals surface area (Å²) >= 11 is 0. The van der Waals surface area contributed by atoms with E-state index in [1.165, 1.54) is 23.7 Å². The van der Waals surface area contributed by atoms with E-state index < -0.39 is 16.0 Å². The molecule has 2 fully saturated rings. The van der Waals surface area contributed by atoms with E-state index >= 15 is 0 Å². The van der Waals surface area contributed by atoms with Crippen molar-refractivity contribution in [3.8, 4) is 0 Å². The number of carbonyl (C=O) groups is 2. The molecule has 2 aliphatic heterocycles. The third-order valence-corrected chi connectivity index (χ3v) is 6.97. The molecule has 28 heavy (non-hydrogen) atoms. The molecule has 0 bridgehead atoms. The molecule has 0 saturated carbocycles. The van der Waals surface area contributed by atoms with Crippen molar-refractivity contribution in [3.05, 3.63) is 18.0 Å². The van der Waals surface area contributed by atoms with Crippen LogP contribution in [0.15, 0.2) is 17.2 Å². The van der Waals surface area contributed by atoms with Crippen LogP contribution in [0.5, 0.6) is 0 Å². The second-order valence-corrected chi connectivity index (χ2v) is 8.94. The summed E-state index contributed by atoms with van der Waals surface area (Å²) in [6.07, 6.45) is 4.74. The maximum Gasteiger partial charge on any atom is 0.354 e. The Bertz CT molecular complexity index is 791. The van der Waals surface area contributed by atoms with Crippen LogP contribution in [0, 0.1) is 5.92 Å². The molecule has 2 unspecified atom stereocenters. The first-order valence-electron chi connectivity index (χ1n) is 9.20. The first-order chi connectivity index (χ1) is 12.9. The minimum atomic E-state index is -3.70. The number of aromatic amines is 1. The summed E-state index contributed by atoms with van der Waals surface area (Å²) in [5.74, 6) is -0.560. The molecule has 2 atom stereocenters. The molecule has 1 aromatic heterocycles. The molecule has 0 aromatic carbocycles. The molecule has 158 valence electrons. The van der Waals surface area contributed by atoms with Crippen molar-refractivity contribution >= 4 is 34.3 Å². The Balaban J connectivity index is 0.00000280. The van der Waals surface area contributed by atoms with Gasteiger partial charge in [-0.1, -0.05) is 0 Å². The largest absolute Gasteiger partial charge is 0.464 e. The highest BCUT2D eigenvalue weighted by Crippen LogP contribution is 2.24. The van der Waals surface area contributed by atoms with Crippen molar-refractivity contribution < 1.29 is 22.7 Å². The van der Waals surface area contributed by atoms with Crippen molar-refractivity contribution in [3.63, 3.8) is 0 Å². The van der Waals surface area contributed by atoms with Crippen LogP contribution in [0.25, 0.3) is 0 Å². The average Bonchev–Trinajstić information content (AvgIpc) is 3.38. The molecule has 3 heterocycles. The fraction of sp³-hybridized carbons (Fsp3) is 0.647. The van der Waals surface area contributed by atoms with E-state index in [2.05, 4.69) is 20.4 Å². The summed E-state index contributed by atoms with van der Waals surface area (Å²) in [6, 6.07) is 1.16. The van der Waals surface area contributed by atoms with Gasteiger partial charge >= 0.3 is 5.97 Å². The van der Waals surface area contributed by atoms with Crippen molar-refractivity contribution in [1.29, 1.82) is 0 Å². The van der Waals surface area contributed by atoms with E-state index in [0.717, 1.165) is 32.2 Å². The number of amides is 1. The number of esters is 1. The van der Waals surface area contributed by atoms with Crippen LogP contribution in [-0.2, 0) is 19.6 Å². The number of carbonyl (C=O) groups excluding carboxylic acids is 2. The number of hydrogen-bond donors (Lipinski definition) is 3. The molecule has 3 N–H and O–H groups in total. The zero-order valence-corrected chi connectivity index (χ0v) is 17.4. The van der Waals surface area contributed by atoms with Gasteiger partial charge in [-0.2, -0.15) is 4.31 Å². The van der Waals surface area contributed by atoms with Crippen LogP contribution < -0.4 is 10.6 Å². The highest BCUT2D eigenvalue weighted by molar-refractivity contribution is 7.89. The molecule has 2 aliphatic rings. The topological polar surface area (TPSA) is 121 Å². The van der Waals surface area contributed by atoms with E-state index in [1.54, 1.807) is 0 Å². The van der Waals surface area contributed by atoms with E-state index in [0.29, 0.717) is 19.6 Å². The molecule has 0 radical (unpaired) electrons. The molecule has 1 aromatic rings. The zero-order valence-electron chi connectivity index (χ0n) is 15.8. The van der Waals surface area contributed by atoms with E-state index in [-0.39, 0.29) is 40.9 Å². The molecule has 2 saturated heterocycles. The van der Waals surface area contributed by atoms with Gasteiger partial charge in [0.2, 0.25) is 15.9 Å². The van der Waals surface area contributed by atoms with Crippen molar-refractivity contribution in [1.82, 2.24) is 19.9 Å². The first kappa shape index (κ1) is 22.7. The fourth-order valence-corrected chi connectivity index (χ4v) is 5.14. The standard InChI is InChI=1S/C17H26N4O5S.ClH/c1-26-17(23)15-8-13(10-19-15)27(24,25)21-7-3-4-12(11-21)9-20-16(22)14-5-2-6-18-14;/h8,10,12,14,18-19H,2-7,9,11H2,1H3,(H,20,22);1H. The van der Waals surface area contributed by atoms with Crippen LogP contribution in [0.3, 0.4) is 0 Å². The van der Waals surface area contributed by atoms with Crippen molar-refractivity contribution in [2.75, 3.05) is 33.3 Å². The van der Waals surface area contributed by atoms with Gasteiger partial charge in [0.05, 0.1) is 13.2 Å². The van der Waals surface area contributed by atoms with Gasteiger partial charge in [-0.25, -0.2) is 13.2 Å². The number of halogens is 1. The maximum absolute atomic E-state index is 12.9. The summed E-state index contributed by atoms with van der Waals surface area (Å²) in [6.45, 7) is 2.09. The van der Waals surface area contributed by atoms with Crippen molar-refractivity contribution in [2.24, 2.45) is 5.92 Å². The lowest BCUT2D eigenvalue weighted by Gasteiger charge is -2.32. The van der Waals surface area contributed by atoms with Gasteiger partial charge in [0.15, 0.2) is 0 Å². The summed E-state index contributed by atoms with van der Waals surface area (Å²) < 4.78 is 31.7. The predicted molar refractivity (Wildman–Crippen MR) is 105 cm³/mol. The molecule has 3 rings (SSSR count). The number of H-pyrrole nitrogens is 1. The maximum atomic E-state index is 12.9. The lowest BCUT2D eigenvalue weighted by atomic mass is 9.99. The van der Waals surface area contributed by atoms with Gasteiger partial charge in [0.25, 0.3) is 0 Å². The molecule has 0 aliphatic carbocycles. The predicted octanol–water partition coefficient (Wildman–Crippen LogP) is 0.492. The van der Waals surface area contributed by atoms with E-state index in [1.807, 2.05) is 0 Å². The van der Waals surface area contributed by atoms with Gasteiger partial charge in [-0.3, -0.25) is 4.79 Å². The van der Waals surface area contributed by atoms with Crippen LogP contribution in [0.1, 0.15) is 36.2 Å². The van der Waals surface area contributed by atoms with Crippen LogP contribution in [-0.4, -0.2) is 68.9 Å². The Morgan fingerprint density at radius 1 is 1.32 bits per heavy atom. The fourth-order valence-electron chi connectivity index (χ4n) is 3.59. The summed E-state index contributed by atoms with van der Waals surface area (Å²) in [4.78, 5) is 26.3. The van der Waals surface area contributed by atoms with Crippen molar-refractivity contribution in [2.45, 2.75) is 36.6 Å². The number of piperidine rings is 1. The van der Waals surface area contributed by atoms with Crippen LogP contribution in [0.2, 0.25) is 0 Å². The Morgan fingerprint density at radius 3 is 2.79 bits per heavy atom. The number of ether oxygens (including phenoxy) is 1. The van der Waals surface area contributed by atoms with Gasteiger partial charge < -0.3 is 20.4 Å². The minimum Gasteiger partial charge on any atom is -0.464 e. The lowest BCUT2D eigenvalue weighted by molar-refractivity contribution is -0.123. The zero-order chi connectivity index (χ0) is 19.4. The summed E-state index contributed by atoms with van der Waals surface area (Å²) in [5.41, 5.74) is 0.0981. The molecular formula is C17H27ClN4O5S. The number of aromatic nitrogens is 1. The third kappa shape index (κ3) is 5.05. The minimum absolute atomic E-state index is 0. The van der Waals surface area contributed by atoms with E-state index in [4.69, 9.17) is 0 Å². The molecule has 11 heteroatoms. The average molecular weight is 435 g/mol. The number of rotatable bonds is 6. The second-order valence-electron chi connectivity index (χ2n) is 7.01. The van der Waals surface area contributed by atoms with Gasteiger partial charge in [-0.15, -0.1) is 12.4 Å².